The number of hydrogen-bond donors (Lipinski definition) is 2. The molecule has 0 aliphatic heterocycles. The molecule has 2 N–H and O–H groups in total. The predicted molar refractivity (Wildman–Crippen MR) is 137 cm³/mol. The molecule has 1 heterocycles. The normalized spacial score (nSPS) is 10.5. The van der Waals surface area contributed by atoms with Gasteiger partial charge in [-0.15, -0.1) is 23.5 Å². The van der Waals surface area contributed by atoms with Gasteiger partial charge in [0.1, 0.15) is 0 Å². The first-order valence-corrected chi connectivity index (χ1v) is 12.8. The Morgan fingerprint density at radius 1 is 0.848 bits per heavy atom. The molecule has 0 radical (unpaired) electrons. The maximum atomic E-state index is 9.10. The smallest absolute Gasteiger partial charge is 0.414 e. The quantitative estimate of drug-likeness (QED) is 0.261. The van der Waals surface area contributed by atoms with Gasteiger partial charge in [0.15, 0.2) is 0 Å². The van der Waals surface area contributed by atoms with Gasteiger partial charge in [0.25, 0.3) is 0 Å². The van der Waals surface area contributed by atoms with Gasteiger partial charge in [0.05, 0.1) is 10.9 Å². The van der Waals surface area contributed by atoms with Gasteiger partial charge in [-0.05, 0) is 59.7 Å². The van der Waals surface area contributed by atoms with E-state index in [-0.39, 0.29) is 0 Å². The number of carboxylic acid groups (broad SMARTS) is 2. The number of halogens is 2. The van der Waals surface area contributed by atoms with E-state index in [0.717, 1.165) is 40.9 Å². The summed E-state index contributed by atoms with van der Waals surface area (Å²) < 4.78 is 2.66. The highest BCUT2D eigenvalue weighted by Crippen LogP contribution is 2.27. The Labute approximate surface area is 211 Å². The first kappa shape index (κ1) is 27.1. The summed E-state index contributed by atoms with van der Waals surface area (Å²) in [6, 6.07) is 16.3. The molecular weight excluding hydrogens is 503 g/mol. The average molecular weight is 527 g/mol. The van der Waals surface area contributed by atoms with E-state index in [9.17, 15) is 0 Å². The summed E-state index contributed by atoms with van der Waals surface area (Å²) in [5.74, 6) is -1.46. The van der Waals surface area contributed by atoms with Gasteiger partial charge in [-0.3, -0.25) is 0 Å². The van der Waals surface area contributed by atoms with E-state index in [2.05, 4.69) is 33.8 Å². The summed E-state index contributed by atoms with van der Waals surface area (Å²) in [5, 5.41) is 16.4. The Hall–Kier alpha value is -2.13. The molecule has 0 saturated carbocycles. The summed E-state index contributed by atoms with van der Waals surface area (Å²) in [4.78, 5) is 22.4. The van der Waals surface area contributed by atoms with E-state index in [1.807, 2.05) is 66.5 Å². The van der Waals surface area contributed by atoms with Crippen molar-refractivity contribution < 1.29 is 19.8 Å². The third-order valence-corrected chi connectivity index (χ3v) is 7.56. The maximum absolute atomic E-state index is 9.10. The summed E-state index contributed by atoms with van der Waals surface area (Å²) in [6.07, 6.45) is 7.88. The van der Waals surface area contributed by atoms with Crippen LogP contribution in [0.2, 0.25) is 10.0 Å². The van der Waals surface area contributed by atoms with Gasteiger partial charge in [-0.1, -0.05) is 47.5 Å². The molecule has 2 aromatic carbocycles. The number of thioether (sulfide) groups is 2. The molecule has 176 valence electrons. The second-order valence-corrected chi connectivity index (χ2v) is 10.6. The Bertz CT molecular complexity index is 921. The number of benzene rings is 2. The minimum Gasteiger partial charge on any atom is -0.473 e. The van der Waals surface area contributed by atoms with Crippen LogP contribution in [0.4, 0.5) is 0 Å². The second-order valence-electron chi connectivity index (χ2n) is 6.79. The zero-order valence-corrected chi connectivity index (χ0v) is 20.8. The number of imidazole rings is 1. The lowest BCUT2D eigenvalue weighted by Crippen LogP contribution is -2.11. The lowest BCUT2D eigenvalue weighted by atomic mass is 10.2. The van der Waals surface area contributed by atoms with Crippen molar-refractivity contribution in [2.24, 2.45) is 0 Å². The molecule has 10 heteroatoms. The largest absolute Gasteiger partial charge is 0.473 e. The maximum Gasteiger partial charge on any atom is 0.414 e. The van der Waals surface area contributed by atoms with Crippen molar-refractivity contribution >= 4 is 58.7 Å². The minimum atomic E-state index is -1.82. The summed E-state index contributed by atoms with van der Waals surface area (Å²) in [7, 11) is 0. The predicted octanol–water partition coefficient (Wildman–Crippen LogP) is 5.62. The fourth-order valence-corrected chi connectivity index (χ4v) is 5.64. The highest BCUT2D eigenvalue weighted by molar-refractivity contribution is 8.17. The number of aliphatic carboxylic acids is 2. The van der Waals surface area contributed by atoms with E-state index < -0.39 is 11.9 Å². The number of aromatic nitrogens is 2. The molecule has 0 amide bonds. The number of hydrogen-bond acceptors (Lipinski definition) is 5. The molecule has 0 bridgehead atoms. The fourth-order valence-electron chi connectivity index (χ4n) is 2.64. The van der Waals surface area contributed by atoms with Crippen molar-refractivity contribution in [1.29, 1.82) is 0 Å². The van der Waals surface area contributed by atoms with Crippen LogP contribution in [0.5, 0.6) is 0 Å². The first-order valence-electron chi connectivity index (χ1n) is 9.97. The van der Waals surface area contributed by atoms with Gasteiger partial charge in [-0.2, -0.15) is 0 Å². The standard InChI is InChI=1S/C21H22Cl2N2S2.C2H2O4/c22-19-5-1-17(2-6-19)9-13-26-21(15-25-12-11-24-16-25)27-14-10-18-3-7-20(23)8-4-18;3-1(4)2(5)6/h1-8,11-12,16,21H,9-10,13-15H2;(H,3,4)(H,5,6). The highest BCUT2D eigenvalue weighted by atomic mass is 35.5. The van der Waals surface area contributed by atoms with Crippen molar-refractivity contribution in [1.82, 2.24) is 9.55 Å². The third kappa shape index (κ3) is 11.5. The van der Waals surface area contributed by atoms with Crippen molar-refractivity contribution in [2.45, 2.75) is 24.0 Å². The molecule has 0 fully saturated rings. The molecule has 0 aliphatic rings. The lowest BCUT2D eigenvalue weighted by molar-refractivity contribution is -0.159. The Balaban J connectivity index is 0.000000569. The molecule has 6 nitrogen and oxygen atoms in total. The number of aryl methyl sites for hydroxylation is 2. The average Bonchev–Trinajstić information content (AvgIpc) is 3.30. The van der Waals surface area contributed by atoms with Crippen molar-refractivity contribution in [3.05, 3.63) is 88.4 Å². The van der Waals surface area contributed by atoms with E-state index >= 15 is 0 Å². The molecule has 3 rings (SSSR count). The lowest BCUT2D eigenvalue weighted by Gasteiger charge is -2.17. The number of carboxylic acids is 2. The van der Waals surface area contributed by atoms with Crippen molar-refractivity contribution in [2.75, 3.05) is 11.5 Å². The zero-order chi connectivity index (χ0) is 24.1. The molecule has 1 aromatic heterocycles. The van der Waals surface area contributed by atoms with E-state index in [0.29, 0.717) is 4.58 Å². The van der Waals surface area contributed by atoms with E-state index in [4.69, 9.17) is 43.0 Å². The van der Waals surface area contributed by atoms with Crippen LogP contribution in [-0.4, -0.2) is 47.8 Å². The third-order valence-electron chi connectivity index (χ3n) is 4.32. The first-order chi connectivity index (χ1) is 15.8. The molecule has 33 heavy (non-hydrogen) atoms. The van der Waals surface area contributed by atoms with E-state index in [1.165, 1.54) is 11.1 Å². The summed E-state index contributed by atoms with van der Waals surface area (Å²) in [6.45, 7) is 0.969. The van der Waals surface area contributed by atoms with Gasteiger partial charge < -0.3 is 14.8 Å². The van der Waals surface area contributed by atoms with Crippen LogP contribution in [0, 0.1) is 0 Å². The summed E-state index contributed by atoms with van der Waals surface area (Å²) in [5.41, 5.74) is 2.67. The van der Waals surface area contributed by atoms with Gasteiger partial charge in [0.2, 0.25) is 0 Å². The Morgan fingerprint density at radius 2 is 1.30 bits per heavy atom. The SMILES string of the molecule is Clc1ccc(CCSC(Cn2ccnc2)SCCc2ccc(Cl)cc2)cc1.O=C(O)C(=O)O. The van der Waals surface area contributed by atoms with Crippen LogP contribution >= 0.6 is 46.7 Å². The van der Waals surface area contributed by atoms with Crippen LogP contribution < -0.4 is 0 Å². The Morgan fingerprint density at radius 3 is 1.67 bits per heavy atom. The molecule has 3 aromatic rings. The number of carbonyl (C=O) groups is 2. The monoisotopic (exact) mass is 526 g/mol. The zero-order valence-electron chi connectivity index (χ0n) is 17.6. The number of rotatable bonds is 10. The van der Waals surface area contributed by atoms with Crippen LogP contribution in [0.25, 0.3) is 0 Å². The topological polar surface area (TPSA) is 92.4 Å². The van der Waals surface area contributed by atoms with Crippen LogP contribution in [0.15, 0.2) is 67.3 Å². The van der Waals surface area contributed by atoms with Gasteiger partial charge in [0, 0.05) is 29.0 Å². The fraction of sp³-hybridized carbons (Fsp3) is 0.261. The van der Waals surface area contributed by atoms with Gasteiger partial charge >= 0.3 is 11.9 Å². The molecule has 0 atom stereocenters. The number of nitrogens with zero attached hydrogens (tertiary/aromatic N) is 2. The van der Waals surface area contributed by atoms with Crippen LogP contribution in [-0.2, 0) is 29.0 Å². The highest BCUT2D eigenvalue weighted by Gasteiger charge is 2.11. The van der Waals surface area contributed by atoms with Gasteiger partial charge in [-0.25, -0.2) is 14.6 Å². The summed E-state index contributed by atoms with van der Waals surface area (Å²) >= 11 is 16.0. The molecule has 0 unspecified atom stereocenters. The van der Waals surface area contributed by atoms with Crippen molar-refractivity contribution in [3.8, 4) is 0 Å². The molecule has 0 spiro atoms. The Kier molecular flexibility index (Phi) is 12.2. The molecular formula is C23H24Cl2N2O4S2. The van der Waals surface area contributed by atoms with Crippen LogP contribution in [0.3, 0.4) is 0 Å². The second kappa shape index (κ2) is 14.9. The minimum absolute atomic E-state index is 0.499. The van der Waals surface area contributed by atoms with Crippen LogP contribution in [0.1, 0.15) is 11.1 Å². The van der Waals surface area contributed by atoms with Crippen molar-refractivity contribution in [3.63, 3.8) is 0 Å². The van der Waals surface area contributed by atoms with E-state index in [1.54, 1.807) is 0 Å². The molecule has 0 saturated heterocycles. The molecule has 0 aliphatic carbocycles.